The van der Waals surface area contributed by atoms with Gasteiger partial charge in [0.15, 0.2) is 11.5 Å². The van der Waals surface area contributed by atoms with E-state index in [0.29, 0.717) is 30.2 Å². The zero-order valence-corrected chi connectivity index (χ0v) is 19.3. The largest absolute Gasteiger partial charge is 0.493 e. The maximum absolute atomic E-state index is 12.9. The third-order valence-corrected chi connectivity index (χ3v) is 6.57. The number of hydrogen-bond acceptors (Lipinski definition) is 6. The Kier molecular flexibility index (Phi) is 7.06. The first-order chi connectivity index (χ1) is 16.0. The van der Waals surface area contributed by atoms with Crippen molar-refractivity contribution in [2.75, 3.05) is 19.4 Å². The van der Waals surface area contributed by atoms with Gasteiger partial charge in [-0.1, -0.05) is 25.1 Å². The summed E-state index contributed by atoms with van der Waals surface area (Å²) in [7, 11) is 1.63. The molecule has 2 aromatic carbocycles. The normalized spacial score (nSPS) is 19.5. The molecule has 1 saturated carbocycles. The molecule has 33 heavy (non-hydrogen) atoms. The molecular formula is C26H32N2O5. The van der Waals surface area contributed by atoms with E-state index in [0.717, 1.165) is 24.0 Å². The number of rotatable bonds is 8. The molecule has 2 unspecified atom stereocenters. The molecule has 7 nitrogen and oxygen atoms in total. The quantitative estimate of drug-likeness (QED) is 0.590. The average molecular weight is 453 g/mol. The van der Waals surface area contributed by atoms with E-state index in [1.165, 1.54) is 17.9 Å². The highest BCUT2D eigenvalue weighted by atomic mass is 16.7. The first kappa shape index (κ1) is 23.0. The van der Waals surface area contributed by atoms with E-state index in [2.05, 4.69) is 0 Å². The minimum Gasteiger partial charge on any atom is -0.493 e. The Balaban J connectivity index is 1.44. The van der Waals surface area contributed by atoms with Crippen molar-refractivity contribution in [1.82, 2.24) is 5.06 Å². The van der Waals surface area contributed by atoms with Crippen molar-refractivity contribution in [2.45, 2.75) is 63.4 Å². The van der Waals surface area contributed by atoms with Crippen LogP contribution in [0.3, 0.4) is 0 Å². The maximum Gasteiger partial charge on any atom is 0.339 e. The molecule has 0 spiro atoms. The molecule has 2 fully saturated rings. The number of ether oxygens (including phenoxy) is 2. The predicted octanol–water partition coefficient (Wildman–Crippen LogP) is 4.57. The van der Waals surface area contributed by atoms with Crippen LogP contribution >= 0.6 is 0 Å². The van der Waals surface area contributed by atoms with Crippen LogP contribution in [0.5, 0.6) is 11.5 Å². The van der Waals surface area contributed by atoms with Gasteiger partial charge in [0.05, 0.1) is 25.7 Å². The Morgan fingerprint density at radius 3 is 2.52 bits per heavy atom. The molecule has 176 valence electrons. The zero-order chi connectivity index (χ0) is 23.4. The number of hydrogen-bond donors (Lipinski definition) is 1. The van der Waals surface area contributed by atoms with E-state index < -0.39 is 11.9 Å². The van der Waals surface area contributed by atoms with E-state index in [1.54, 1.807) is 19.2 Å². The van der Waals surface area contributed by atoms with Gasteiger partial charge in [-0.3, -0.25) is 4.79 Å². The van der Waals surface area contributed by atoms with Gasteiger partial charge in [0, 0.05) is 18.0 Å². The van der Waals surface area contributed by atoms with Crippen LogP contribution in [0.4, 0.5) is 5.69 Å². The summed E-state index contributed by atoms with van der Waals surface area (Å²) in [5, 5.41) is 1.20. The Morgan fingerprint density at radius 1 is 1.12 bits per heavy atom. The van der Waals surface area contributed by atoms with E-state index in [9.17, 15) is 9.59 Å². The number of nitrogen functional groups attached to an aromatic ring is 1. The van der Waals surface area contributed by atoms with Crippen molar-refractivity contribution in [1.29, 1.82) is 0 Å². The van der Waals surface area contributed by atoms with Crippen molar-refractivity contribution in [3.8, 4) is 11.5 Å². The van der Waals surface area contributed by atoms with Gasteiger partial charge in [-0.05, 0) is 67.5 Å². The molecule has 0 radical (unpaired) electrons. The van der Waals surface area contributed by atoms with Gasteiger partial charge in [-0.2, -0.15) is 5.06 Å². The fourth-order valence-corrected chi connectivity index (χ4v) is 4.65. The predicted molar refractivity (Wildman–Crippen MR) is 125 cm³/mol. The number of nitrogens with zero attached hydrogens (tertiary/aromatic N) is 1. The number of carbonyl (C=O) groups is 2. The van der Waals surface area contributed by atoms with Gasteiger partial charge in [-0.15, -0.1) is 0 Å². The highest BCUT2D eigenvalue weighted by Crippen LogP contribution is 2.37. The Labute approximate surface area is 194 Å². The molecule has 2 aromatic rings. The topological polar surface area (TPSA) is 91.1 Å². The van der Waals surface area contributed by atoms with Crippen molar-refractivity contribution in [3.05, 3.63) is 53.6 Å². The summed E-state index contributed by atoms with van der Waals surface area (Å²) in [5.74, 6) is 0.223. The van der Waals surface area contributed by atoms with Crippen molar-refractivity contribution in [3.63, 3.8) is 0 Å². The lowest BCUT2D eigenvalue weighted by Crippen LogP contribution is -2.31. The number of carbonyl (C=O) groups excluding carboxylic acids is 2. The van der Waals surface area contributed by atoms with Gasteiger partial charge >= 0.3 is 5.97 Å². The molecule has 1 aliphatic heterocycles. The van der Waals surface area contributed by atoms with Crippen LogP contribution in [-0.2, 0) is 14.4 Å². The Hall–Kier alpha value is -3.22. The second-order valence-electron chi connectivity index (χ2n) is 8.83. The highest BCUT2D eigenvalue weighted by Gasteiger charge is 2.35. The molecule has 1 saturated heterocycles. The van der Waals surface area contributed by atoms with Gasteiger partial charge in [0.25, 0.3) is 5.91 Å². The van der Waals surface area contributed by atoms with Crippen LogP contribution in [0.15, 0.2) is 42.5 Å². The van der Waals surface area contributed by atoms with E-state index >= 15 is 0 Å². The van der Waals surface area contributed by atoms with Crippen LogP contribution in [0.1, 0.15) is 68.4 Å². The SMILES string of the molecule is CCC(C(=O)ON1CC(c2ccc(OC)c(OC3CCCC3)c2)CC1=O)c1ccc(N)cc1. The monoisotopic (exact) mass is 452 g/mol. The molecule has 0 bridgehead atoms. The Bertz CT molecular complexity index is 985. The molecule has 1 amide bonds. The van der Waals surface area contributed by atoms with Crippen molar-refractivity contribution >= 4 is 17.6 Å². The summed E-state index contributed by atoms with van der Waals surface area (Å²) in [5.41, 5.74) is 8.18. The van der Waals surface area contributed by atoms with Crippen LogP contribution in [0.25, 0.3) is 0 Å². The van der Waals surface area contributed by atoms with Crippen LogP contribution < -0.4 is 15.2 Å². The Morgan fingerprint density at radius 2 is 1.85 bits per heavy atom. The first-order valence-corrected chi connectivity index (χ1v) is 11.7. The lowest BCUT2D eigenvalue weighted by atomic mass is 9.96. The summed E-state index contributed by atoms with van der Waals surface area (Å²) in [6.45, 7) is 2.23. The molecule has 2 aliphatic rings. The van der Waals surface area contributed by atoms with Crippen LogP contribution in [0.2, 0.25) is 0 Å². The van der Waals surface area contributed by atoms with Gasteiger partial charge < -0.3 is 20.0 Å². The molecule has 7 heteroatoms. The van der Waals surface area contributed by atoms with Crippen LogP contribution in [-0.4, -0.2) is 36.7 Å². The maximum atomic E-state index is 12.9. The average Bonchev–Trinajstić information content (AvgIpc) is 3.45. The summed E-state index contributed by atoms with van der Waals surface area (Å²) in [6.07, 6.45) is 5.50. The van der Waals surface area contributed by atoms with Crippen molar-refractivity contribution < 1.29 is 23.9 Å². The van der Waals surface area contributed by atoms with Crippen molar-refractivity contribution in [2.24, 2.45) is 0 Å². The highest BCUT2D eigenvalue weighted by molar-refractivity contribution is 5.83. The molecular weight excluding hydrogens is 420 g/mol. The smallest absolute Gasteiger partial charge is 0.339 e. The number of amides is 1. The molecule has 2 N–H and O–H groups in total. The van der Waals surface area contributed by atoms with E-state index in [-0.39, 0.29) is 24.3 Å². The first-order valence-electron chi connectivity index (χ1n) is 11.7. The van der Waals surface area contributed by atoms with Gasteiger partial charge in [-0.25, -0.2) is 4.79 Å². The van der Waals surface area contributed by atoms with E-state index in [4.69, 9.17) is 20.0 Å². The zero-order valence-electron chi connectivity index (χ0n) is 19.3. The molecule has 1 aliphatic carbocycles. The fourth-order valence-electron chi connectivity index (χ4n) is 4.65. The lowest BCUT2D eigenvalue weighted by molar-refractivity contribution is -0.194. The number of benzene rings is 2. The summed E-state index contributed by atoms with van der Waals surface area (Å²) in [6, 6.07) is 13.0. The standard InChI is InChI=1S/C26H32N2O5/c1-3-22(17-8-11-20(27)12-9-17)26(30)33-28-16-19(15-25(28)29)18-10-13-23(31-2)24(14-18)32-21-6-4-5-7-21/h8-14,19,21-22H,3-7,15-16,27H2,1-2H3. The molecule has 2 atom stereocenters. The second kappa shape index (κ2) is 10.1. The molecule has 1 heterocycles. The van der Waals surface area contributed by atoms with E-state index in [1.807, 2.05) is 37.3 Å². The van der Waals surface area contributed by atoms with Crippen LogP contribution in [0, 0.1) is 0 Å². The van der Waals surface area contributed by atoms with Gasteiger partial charge in [0.2, 0.25) is 0 Å². The third kappa shape index (κ3) is 5.24. The minimum absolute atomic E-state index is 0.0845. The number of nitrogens with two attached hydrogens (primary N) is 1. The minimum atomic E-state index is -0.454. The number of anilines is 1. The summed E-state index contributed by atoms with van der Waals surface area (Å²) < 4.78 is 11.7. The van der Waals surface area contributed by atoms with Gasteiger partial charge in [0.1, 0.15) is 0 Å². The summed E-state index contributed by atoms with van der Waals surface area (Å²) >= 11 is 0. The lowest BCUT2D eigenvalue weighted by Gasteiger charge is -2.21. The summed E-state index contributed by atoms with van der Waals surface area (Å²) in [4.78, 5) is 31.1. The third-order valence-electron chi connectivity index (χ3n) is 6.57. The second-order valence-corrected chi connectivity index (χ2v) is 8.83. The number of methoxy groups -OCH3 is 1. The fraction of sp³-hybridized carbons (Fsp3) is 0.462. The molecule has 4 rings (SSSR count). The molecule has 0 aromatic heterocycles. The number of hydroxylamine groups is 2.